The second kappa shape index (κ2) is 13.7. The molecule has 2 atom stereocenters. The predicted molar refractivity (Wildman–Crippen MR) is 168 cm³/mol. The Morgan fingerprint density at radius 2 is 1.65 bits per heavy atom. The molecule has 1 aromatic heterocycles. The molecule has 0 aliphatic carbocycles. The van der Waals surface area contributed by atoms with Gasteiger partial charge in [0.2, 0.25) is 0 Å². The summed E-state index contributed by atoms with van der Waals surface area (Å²) in [6.45, 7) is 5.98. The van der Waals surface area contributed by atoms with Gasteiger partial charge in [-0.3, -0.25) is 18.2 Å². The van der Waals surface area contributed by atoms with Gasteiger partial charge in [0.1, 0.15) is 11.6 Å². The first kappa shape index (κ1) is 31.5. The van der Waals surface area contributed by atoms with E-state index in [0.717, 1.165) is 31.9 Å². The van der Waals surface area contributed by atoms with Gasteiger partial charge in [-0.2, -0.15) is 0 Å². The molecule has 9 nitrogen and oxygen atoms in total. The van der Waals surface area contributed by atoms with E-state index in [-0.39, 0.29) is 17.6 Å². The first-order valence-electron chi connectivity index (χ1n) is 13.7. The van der Waals surface area contributed by atoms with Gasteiger partial charge in [-0.1, -0.05) is 56.0 Å². The average Bonchev–Trinajstić information content (AvgIpc) is 3.32. The maximum atomic E-state index is 13.2. The van der Waals surface area contributed by atoms with Crippen LogP contribution in [-0.4, -0.2) is 59.3 Å². The Bertz CT molecular complexity index is 1700. The zero-order valence-corrected chi connectivity index (χ0v) is 25.8. The summed E-state index contributed by atoms with van der Waals surface area (Å²) in [5.41, 5.74) is 4.74. The Morgan fingerprint density at radius 1 is 1.02 bits per heavy atom. The molecule has 0 saturated carbocycles. The number of hydrogen-bond donors (Lipinski definition) is 1. The van der Waals surface area contributed by atoms with Gasteiger partial charge in [-0.25, -0.2) is 4.79 Å². The minimum Gasteiger partial charge on any atom is -0.755 e. The Kier molecular flexibility index (Phi) is 10.0. The second-order valence-electron chi connectivity index (χ2n) is 10.6. The van der Waals surface area contributed by atoms with E-state index in [1.807, 2.05) is 56.3 Å². The van der Waals surface area contributed by atoms with Gasteiger partial charge in [0.15, 0.2) is 5.76 Å². The highest BCUT2D eigenvalue weighted by molar-refractivity contribution is 7.80. The van der Waals surface area contributed by atoms with E-state index < -0.39 is 23.3 Å². The summed E-state index contributed by atoms with van der Waals surface area (Å²) >= 11 is -2.69. The molecule has 0 aliphatic rings. The highest BCUT2D eigenvalue weighted by Crippen LogP contribution is 2.30. The van der Waals surface area contributed by atoms with Crippen molar-refractivity contribution in [3.05, 3.63) is 83.6 Å². The molecule has 1 N–H and O–H groups in total. The molecule has 1 heterocycles. The summed E-state index contributed by atoms with van der Waals surface area (Å²) in [6.07, 6.45) is 0. The molecule has 4 aromatic rings. The number of carbonyl (C=O) groups is 2. The van der Waals surface area contributed by atoms with Crippen molar-refractivity contribution >= 4 is 45.5 Å². The molecular weight excluding hydrogens is 566 g/mol. The molecular formula is C33H34N3O6S-. The molecule has 224 valence electrons. The van der Waals surface area contributed by atoms with Gasteiger partial charge >= 0.3 is 5.97 Å². The molecule has 0 bridgehead atoms. The Hall–Kier alpha value is -4.43. The highest BCUT2D eigenvalue weighted by Gasteiger charge is 2.31. The largest absolute Gasteiger partial charge is 0.755 e. The quantitative estimate of drug-likeness (QED) is 0.156. The number of rotatable bonds is 9. The van der Waals surface area contributed by atoms with Crippen molar-refractivity contribution in [3.8, 4) is 23.0 Å². The fourth-order valence-electron chi connectivity index (χ4n) is 4.75. The number of anilines is 2. The van der Waals surface area contributed by atoms with Crippen LogP contribution in [0.1, 0.15) is 35.5 Å². The predicted octanol–water partition coefficient (Wildman–Crippen LogP) is 5.37. The molecule has 0 spiro atoms. The third kappa shape index (κ3) is 7.14. The summed E-state index contributed by atoms with van der Waals surface area (Å²) < 4.78 is 35.9. The summed E-state index contributed by atoms with van der Waals surface area (Å²) in [5.74, 6) is 5.23. The molecule has 0 radical (unpaired) electrons. The van der Waals surface area contributed by atoms with Crippen molar-refractivity contribution in [2.75, 3.05) is 37.4 Å². The van der Waals surface area contributed by atoms with Crippen molar-refractivity contribution in [2.45, 2.75) is 26.8 Å². The fraction of sp³-hybridized carbons (Fsp3) is 0.273. The van der Waals surface area contributed by atoms with Crippen LogP contribution in [0.2, 0.25) is 0 Å². The molecule has 10 heteroatoms. The zero-order chi connectivity index (χ0) is 31.3. The lowest BCUT2D eigenvalue weighted by Gasteiger charge is -2.35. The number of esters is 1. The third-order valence-corrected chi connectivity index (χ3v) is 7.62. The lowest BCUT2D eigenvalue weighted by molar-refractivity contribution is -0.142. The third-order valence-electron chi connectivity index (χ3n) is 6.86. The number of aryl methyl sites for hydroxylation is 1. The van der Waals surface area contributed by atoms with Gasteiger partial charge in [-0.05, 0) is 74.5 Å². The van der Waals surface area contributed by atoms with Crippen molar-refractivity contribution in [1.82, 2.24) is 4.90 Å². The minimum atomic E-state index is -2.69. The normalized spacial score (nSPS) is 12.5. The minimum absolute atomic E-state index is 0.225. The lowest BCUT2D eigenvalue weighted by atomic mass is 10.0. The van der Waals surface area contributed by atoms with Crippen LogP contribution in [0.5, 0.6) is 0 Å². The molecule has 0 aliphatic heterocycles. The highest BCUT2D eigenvalue weighted by atomic mass is 32.2. The van der Waals surface area contributed by atoms with Crippen molar-refractivity contribution in [1.29, 1.82) is 0 Å². The van der Waals surface area contributed by atoms with Gasteiger partial charge in [-0.15, -0.1) is 0 Å². The van der Waals surface area contributed by atoms with Crippen LogP contribution in [0.3, 0.4) is 0 Å². The number of amides is 1. The number of nitrogens with zero attached hydrogens (tertiary/aromatic N) is 2. The van der Waals surface area contributed by atoms with Crippen LogP contribution in [-0.2, 0) is 20.8 Å². The number of furan rings is 1. The van der Waals surface area contributed by atoms with E-state index in [2.05, 4.69) is 17.2 Å². The van der Waals surface area contributed by atoms with E-state index in [1.54, 1.807) is 50.2 Å². The summed E-state index contributed by atoms with van der Waals surface area (Å²) in [7, 11) is 5.14. The first-order chi connectivity index (χ1) is 20.5. The van der Waals surface area contributed by atoms with Gasteiger partial charge < -0.3 is 19.0 Å². The number of fused-ring (bicyclic) bond motifs is 1. The van der Waals surface area contributed by atoms with E-state index in [4.69, 9.17) is 9.15 Å². The number of carbonyl (C=O) groups excluding carboxylic acids is 2. The Morgan fingerprint density at radius 3 is 2.21 bits per heavy atom. The lowest BCUT2D eigenvalue weighted by Crippen LogP contribution is -2.46. The van der Waals surface area contributed by atoms with E-state index in [1.165, 1.54) is 7.11 Å². The number of methoxy groups -OCH3 is 1. The first-order valence-corrected chi connectivity index (χ1v) is 14.7. The average molecular weight is 601 g/mol. The van der Waals surface area contributed by atoms with Gasteiger partial charge in [0.05, 0.1) is 13.7 Å². The molecule has 1 amide bonds. The molecule has 0 fully saturated rings. The topological polar surface area (TPSA) is 115 Å². The van der Waals surface area contributed by atoms with Crippen LogP contribution in [0.25, 0.3) is 22.1 Å². The smallest absolute Gasteiger partial charge is 0.329 e. The van der Waals surface area contributed by atoms with Gasteiger partial charge in [0.25, 0.3) is 5.91 Å². The summed E-state index contributed by atoms with van der Waals surface area (Å²) in [4.78, 5) is 27.5. The molecule has 43 heavy (non-hydrogen) atoms. The fourth-order valence-corrected chi connectivity index (χ4v) is 5.56. The summed E-state index contributed by atoms with van der Waals surface area (Å²) in [6, 6.07) is 18.7. The van der Waals surface area contributed by atoms with E-state index >= 15 is 0 Å². The Labute approximate surface area is 254 Å². The monoisotopic (exact) mass is 600 g/mol. The Balaban J connectivity index is 1.52. The maximum absolute atomic E-state index is 13.2. The van der Waals surface area contributed by atoms with Crippen LogP contribution < -0.4 is 9.62 Å². The van der Waals surface area contributed by atoms with Gasteiger partial charge in [0, 0.05) is 39.2 Å². The molecule has 0 saturated heterocycles. The van der Waals surface area contributed by atoms with Crippen molar-refractivity contribution < 1.29 is 27.5 Å². The summed E-state index contributed by atoms with van der Waals surface area (Å²) in [5, 5.41) is 3.72. The molecule has 3 aromatic carbocycles. The van der Waals surface area contributed by atoms with Crippen LogP contribution in [0, 0.1) is 24.7 Å². The standard InChI is InChI=1S/C33H35N3O6S/c1-21(2)30(33(38)41-6)36(43(39)40)27-18-14-24(15-19-27)23-12-16-26(17-13-23)34-32(37)31-22(3)29-25(10-8-20-35(4)5)9-7-11-28(29)42-31/h7,9,11-19,21,30H,20H2,1-6H3,(H,34,37)(H,39,40)/p-1. The molecule has 4 rings (SSSR count). The van der Waals surface area contributed by atoms with E-state index in [9.17, 15) is 18.4 Å². The number of ether oxygens (including phenoxy) is 1. The second-order valence-corrected chi connectivity index (χ2v) is 11.4. The zero-order valence-electron chi connectivity index (χ0n) is 25.0. The maximum Gasteiger partial charge on any atom is 0.329 e. The van der Waals surface area contributed by atoms with Crippen LogP contribution in [0.15, 0.2) is 71.1 Å². The molecule has 2 unspecified atom stereocenters. The SMILES string of the molecule is COC(=O)C(C(C)C)N(c1ccc(-c2ccc(NC(=O)c3oc4cccc(C#CCN(C)C)c4c3C)cc2)cc1)S(=O)[O-]. The number of hydrogen-bond acceptors (Lipinski definition) is 7. The van der Waals surface area contributed by atoms with Crippen molar-refractivity contribution in [3.63, 3.8) is 0 Å². The van der Waals surface area contributed by atoms with Crippen LogP contribution in [0.4, 0.5) is 11.4 Å². The van der Waals surface area contributed by atoms with Crippen LogP contribution >= 0.6 is 0 Å². The number of benzene rings is 3. The van der Waals surface area contributed by atoms with E-state index in [0.29, 0.717) is 23.5 Å². The van der Waals surface area contributed by atoms with Crippen molar-refractivity contribution in [2.24, 2.45) is 5.92 Å². The number of nitrogens with one attached hydrogen (secondary N) is 1.